The zero-order chi connectivity index (χ0) is 19.0. The molecule has 144 valence electrons. The molecule has 1 aromatic carbocycles. The normalized spacial score (nSPS) is 18.7. The van der Waals surface area contributed by atoms with Crippen molar-refractivity contribution in [3.05, 3.63) is 42.4 Å². The summed E-state index contributed by atoms with van der Waals surface area (Å²) in [5.41, 5.74) is 3.57. The Kier molecular flexibility index (Phi) is 4.29. The number of hydrogen-bond acceptors (Lipinski definition) is 8. The van der Waals surface area contributed by atoms with E-state index in [4.69, 9.17) is 14.5 Å². The maximum atomic E-state index is 5.81. The Morgan fingerprint density at radius 2 is 1.89 bits per heavy atom. The van der Waals surface area contributed by atoms with Gasteiger partial charge in [0.1, 0.15) is 17.4 Å². The van der Waals surface area contributed by atoms with Crippen LogP contribution in [0.4, 0.5) is 17.5 Å². The molecule has 8 nitrogen and oxygen atoms in total. The van der Waals surface area contributed by atoms with Gasteiger partial charge in [0.2, 0.25) is 5.95 Å². The Hall–Kier alpha value is -2.84. The van der Waals surface area contributed by atoms with Gasteiger partial charge in [-0.05, 0) is 24.6 Å². The number of rotatable bonds is 3. The largest absolute Gasteiger partial charge is 0.347 e. The fourth-order valence-electron chi connectivity index (χ4n) is 3.78. The van der Waals surface area contributed by atoms with E-state index in [1.54, 1.807) is 6.20 Å². The minimum absolute atomic E-state index is 0.408. The quantitative estimate of drug-likeness (QED) is 0.745. The molecule has 0 aliphatic carbocycles. The van der Waals surface area contributed by atoms with Gasteiger partial charge in [-0.15, -0.1) is 0 Å². The number of anilines is 3. The average molecular weight is 378 g/mol. The van der Waals surface area contributed by atoms with Crippen LogP contribution in [0.2, 0.25) is 0 Å². The highest BCUT2D eigenvalue weighted by Gasteiger charge is 2.40. The molecule has 4 heterocycles. The maximum Gasteiger partial charge on any atom is 0.226 e. The highest BCUT2D eigenvalue weighted by atomic mass is 16.7. The van der Waals surface area contributed by atoms with Crippen LogP contribution in [0.5, 0.6) is 0 Å². The Balaban J connectivity index is 1.42. The van der Waals surface area contributed by atoms with Gasteiger partial charge in [-0.1, -0.05) is 12.1 Å². The molecule has 2 aliphatic rings. The fraction of sp³-hybridized carbons (Fsp3) is 0.400. The zero-order valence-corrected chi connectivity index (χ0v) is 15.8. The lowest BCUT2D eigenvalue weighted by atomic mass is 10.0. The number of nitrogens with zero attached hydrogens (tertiary/aromatic N) is 5. The van der Waals surface area contributed by atoms with Crippen LogP contribution in [0.1, 0.15) is 18.4 Å². The van der Waals surface area contributed by atoms with Crippen molar-refractivity contribution in [2.45, 2.75) is 25.6 Å². The van der Waals surface area contributed by atoms with Gasteiger partial charge in [0.25, 0.3) is 0 Å². The van der Waals surface area contributed by atoms with Crippen LogP contribution in [0.3, 0.4) is 0 Å². The van der Waals surface area contributed by atoms with E-state index < -0.39 is 5.79 Å². The number of ether oxygens (including phenoxy) is 2. The second-order valence-electron chi connectivity index (χ2n) is 7.22. The van der Waals surface area contributed by atoms with Crippen molar-refractivity contribution in [1.82, 2.24) is 19.9 Å². The van der Waals surface area contributed by atoms with Crippen molar-refractivity contribution in [3.8, 4) is 0 Å². The van der Waals surface area contributed by atoms with Crippen molar-refractivity contribution in [2.75, 3.05) is 36.5 Å². The molecule has 2 aliphatic heterocycles. The number of piperidine rings is 1. The molecule has 2 saturated heterocycles. The van der Waals surface area contributed by atoms with Crippen molar-refractivity contribution >= 4 is 28.5 Å². The van der Waals surface area contributed by atoms with Crippen LogP contribution in [0.15, 0.2) is 36.8 Å². The molecule has 0 amide bonds. The topological polar surface area (TPSA) is 85.3 Å². The lowest BCUT2D eigenvalue weighted by Gasteiger charge is -2.37. The molecule has 0 radical (unpaired) electrons. The highest BCUT2D eigenvalue weighted by Crippen LogP contribution is 2.33. The number of aryl methyl sites for hydroxylation is 1. The summed E-state index contributed by atoms with van der Waals surface area (Å²) in [5, 5.41) is 3.36. The molecule has 1 spiro atoms. The smallest absolute Gasteiger partial charge is 0.226 e. The van der Waals surface area contributed by atoms with E-state index in [9.17, 15) is 0 Å². The summed E-state index contributed by atoms with van der Waals surface area (Å²) in [6.45, 7) is 5.00. The summed E-state index contributed by atoms with van der Waals surface area (Å²) in [4.78, 5) is 20.2. The molecule has 3 aromatic rings. The molecule has 0 unspecified atom stereocenters. The zero-order valence-electron chi connectivity index (χ0n) is 15.8. The van der Waals surface area contributed by atoms with Crippen molar-refractivity contribution < 1.29 is 9.47 Å². The highest BCUT2D eigenvalue weighted by molar-refractivity contribution is 5.87. The van der Waals surface area contributed by atoms with Gasteiger partial charge >= 0.3 is 0 Å². The lowest BCUT2D eigenvalue weighted by molar-refractivity contribution is -0.169. The minimum Gasteiger partial charge on any atom is -0.347 e. The van der Waals surface area contributed by atoms with Crippen LogP contribution in [0, 0.1) is 6.92 Å². The van der Waals surface area contributed by atoms with Gasteiger partial charge in [-0.25, -0.2) is 19.9 Å². The van der Waals surface area contributed by atoms with Gasteiger partial charge < -0.3 is 19.7 Å². The Bertz CT molecular complexity index is 995. The summed E-state index contributed by atoms with van der Waals surface area (Å²) in [6, 6.07) is 8.15. The Morgan fingerprint density at radius 3 is 2.68 bits per heavy atom. The third kappa shape index (κ3) is 3.25. The van der Waals surface area contributed by atoms with E-state index in [0.29, 0.717) is 36.0 Å². The molecule has 0 bridgehead atoms. The summed E-state index contributed by atoms with van der Waals surface area (Å²) in [5.74, 6) is 0.951. The van der Waals surface area contributed by atoms with Crippen LogP contribution in [-0.4, -0.2) is 52.0 Å². The molecule has 1 N–H and O–H groups in total. The number of aromatic nitrogens is 4. The molecular formula is C20H22N6O2. The van der Waals surface area contributed by atoms with E-state index >= 15 is 0 Å². The average Bonchev–Trinajstić information content (AvgIpc) is 3.17. The maximum absolute atomic E-state index is 5.81. The van der Waals surface area contributed by atoms with Crippen LogP contribution < -0.4 is 10.2 Å². The monoisotopic (exact) mass is 378 g/mol. The molecule has 5 rings (SSSR count). The third-order valence-electron chi connectivity index (χ3n) is 5.27. The molecule has 28 heavy (non-hydrogen) atoms. The van der Waals surface area contributed by atoms with Crippen molar-refractivity contribution in [1.29, 1.82) is 0 Å². The van der Waals surface area contributed by atoms with E-state index in [0.717, 1.165) is 31.6 Å². The van der Waals surface area contributed by atoms with Crippen LogP contribution in [0.25, 0.3) is 11.0 Å². The predicted molar refractivity (Wildman–Crippen MR) is 106 cm³/mol. The Morgan fingerprint density at radius 1 is 1.07 bits per heavy atom. The summed E-state index contributed by atoms with van der Waals surface area (Å²) in [6.07, 6.45) is 4.92. The first kappa shape index (κ1) is 17.3. The van der Waals surface area contributed by atoms with E-state index in [1.165, 1.54) is 11.9 Å². The predicted octanol–water partition coefficient (Wildman–Crippen LogP) is 2.82. The Labute approximate surface area is 162 Å². The molecular weight excluding hydrogens is 356 g/mol. The first-order valence-electron chi connectivity index (χ1n) is 9.55. The second-order valence-corrected chi connectivity index (χ2v) is 7.22. The number of hydrogen-bond donors (Lipinski definition) is 1. The number of benzene rings is 1. The fourth-order valence-corrected chi connectivity index (χ4v) is 3.78. The molecule has 8 heteroatoms. The molecule has 2 fully saturated rings. The third-order valence-corrected chi connectivity index (χ3v) is 5.27. The van der Waals surface area contributed by atoms with Gasteiger partial charge in [-0.2, -0.15) is 0 Å². The van der Waals surface area contributed by atoms with E-state index in [-0.39, 0.29) is 0 Å². The first-order valence-corrected chi connectivity index (χ1v) is 9.55. The molecule has 0 atom stereocenters. The van der Waals surface area contributed by atoms with E-state index in [2.05, 4.69) is 44.2 Å². The molecule has 0 saturated carbocycles. The lowest BCUT2D eigenvalue weighted by Crippen LogP contribution is -2.45. The molecule has 2 aromatic heterocycles. The summed E-state index contributed by atoms with van der Waals surface area (Å²) in [7, 11) is 0. The van der Waals surface area contributed by atoms with Crippen LogP contribution >= 0.6 is 0 Å². The first-order chi connectivity index (χ1) is 13.7. The van der Waals surface area contributed by atoms with Gasteiger partial charge in [0.05, 0.1) is 19.4 Å². The minimum atomic E-state index is -0.408. The summed E-state index contributed by atoms with van der Waals surface area (Å²) < 4.78 is 11.6. The van der Waals surface area contributed by atoms with Crippen molar-refractivity contribution in [2.24, 2.45) is 0 Å². The second kappa shape index (κ2) is 6.96. The number of nitrogens with one attached hydrogen (secondary N) is 1. The number of fused-ring (bicyclic) bond motifs is 1. The van der Waals surface area contributed by atoms with E-state index in [1.807, 2.05) is 12.1 Å². The van der Waals surface area contributed by atoms with Gasteiger partial charge in [0, 0.05) is 31.6 Å². The van der Waals surface area contributed by atoms with Gasteiger partial charge in [0.15, 0.2) is 11.6 Å². The van der Waals surface area contributed by atoms with Crippen molar-refractivity contribution in [3.63, 3.8) is 0 Å². The van der Waals surface area contributed by atoms with Crippen LogP contribution in [-0.2, 0) is 9.47 Å². The van der Waals surface area contributed by atoms with Gasteiger partial charge in [-0.3, -0.25) is 0 Å². The standard InChI is InChI=1S/C20H22N6O2/c1-14-3-2-4-15(11-14)24-18-17-16(22-13-23-18)12-21-19(25-17)26-7-5-20(6-8-26)27-9-10-28-20/h2-4,11-13H,5-10H2,1H3,(H,22,23,24). The SMILES string of the molecule is Cc1cccc(Nc2ncnc3cnc(N4CCC5(CC4)OCCO5)nc23)c1. The summed E-state index contributed by atoms with van der Waals surface area (Å²) >= 11 is 0.